The molecule has 1 heterocycles. The second-order valence-electron chi connectivity index (χ2n) is 6.37. The van der Waals surface area contributed by atoms with Crippen LogP contribution in [0.2, 0.25) is 0 Å². The van der Waals surface area contributed by atoms with Crippen molar-refractivity contribution in [1.29, 1.82) is 0 Å². The van der Waals surface area contributed by atoms with Crippen LogP contribution < -0.4 is 10.1 Å². The van der Waals surface area contributed by atoms with Crippen molar-refractivity contribution in [2.24, 2.45) is 0 Å². The lowest BCUT2D eigenvalue weighted by atomic mass is 10.1. The van der Waals surface area contributed by atoms with E-state index in [0.29, 0.717) is 23.3 Å². The minimum absolute atomic E-state index is 0.0645. The average molecular weight is 349 g/mol. The van der Waals surface area contributed by atoms with E-state index < -0.39 is 0 Å². The van der Waals surface area contributed by atoms with E-state index in [1.54, 1.807) is 0 Å². The summed E-state index contributed by atoms with van der Waals surface area (Å²) < 4.78 is 7.37. The number of nitrogens with one attached hydrogen (secondary N) is 1. The van der Waals surface area contributed by atoms with Gasteiger partial charge in [0.2, 0.25) is 0 Å². The third-order valence-electron chi connectivity index (χ3n) is 4.22. The van der Waals surface area contributed by atoms with Gasteiger partial charge in [0.15, 0.2) is 12.4 Å². The lowest BCUT2D eigenvalue weighted by Gasteiger charge is -2.11. The van der Waals surface area contributed by atoms with Gasteiger partial charge in [-0.25, -0.2) is 4.68 Å². The molecule has 7 heteroatoms. The summed E-state index contributed by atoms with van der Waals surface area (Å²) in [5.74, 6) is 1.10. The third-order valence-corrected chi connectivity index (χ3v) is 4.22. The van der Waals surface area contributed by atoms with Gasteiger partial charge in [-0.15, -0.1) is 5.10 Å². The number of para-hydroxylation sites is 1. The highest BCUT2D eigenvalue weighted by Gasteiger charge is 2.29. The summed E-state index contributed by atoms with van der Waals surface area (Å²) in [5.41, 5.74) is 2.61. The summed E-state index contributed by atoms with van der Waals surface area (Å²) in [6.45, 7) is 1.94. The SMILES string of the molecule is Cc1ccc(OCC(=O)Nc2ccccc2-c2nnnn2C2CC2)cc1. The van der Waals surface area contributed by atoms with Crippen molar-refractivity contribution in [3.8, 4) is 17.1 Å². The molecule has 7 nitrogen and oxygen atoms in total. The zero-order valence-corrected chi connectivity index (χ0v) is 14.4. The highest BCUT2D eigenvalue weighted by atomic mass is 16.5. The van der Waals surface area contributed by atoms with E-state index in [2.05, 4.69) is 20.8 Å². The Bertz CT molecular complexity index is 916. The standard InChI is InChI=1S/C19H19N5O2/c1-13-6-10-15(11-7-13)26-12-18(25)20-17-5-3-2-4-16(17)19-21-22-23-24(19)14-8-9-14/h2-7,10-11,14H,8-9,12H2,1H3,(H,20,25). The Balaban J connectivity index is 1.47. The monoisotopic (exact) mass is 349 g/mol. The number of nitrogens with zero attached hydrogens (tertiary/aromatic N) is 4. The van der Waals surface area contributed by atoms with Crippen molar-refractivity contribution in [1.82, 2.24) is 20.2 Å². The number of rotatable bonds is 6. The molecular formula is C19H19N5O2. The number of ether oxygens (including phenoxy) is 1. The van der Waals surface area contributed by atoms with Crippen molar-refractivity contribution in [3.05, 3.63) is 54.1 Å². The van der Waals surface area contributed by atoms with Gasteiger partial charge in [-0.3, -0.25) is 4.79 Å². The zero-order chi connectivity index (χ0) is 17.9. The maximum absolute atomic E-state index is 12.3. The van der Waals surface area contributed by atoms with Gasteiger partial charge in [0.25, 0.3) is 5.91 Å². The number of anilines is 1. The molecule has 2 aromatic carbocycles. The van der Waals surface area contributed by atoms with Crippen molar-refractivity contribution in [3.63, 3.8) is 0 Å². The molecule has 132 valence electrons. The number of benzene rings is 2. The van der Waals surface area contributed by atoms with E-state index in [1.165, 1.54) is 0 Å². The summed E-state index contributed by atoms with van der Waals surface area (Å²) in [5, 5.41) is 14.9. The number of tetrazole rings is 1. The lowest BCUT2D eigenvalue weighted by Crippen LogP contribution is -2.20. The molecule has 1 aliphatic carbocycles. The molecule has 1 aromatic heterocycles. The maximum atomic E-state index is 12.3. The van der Waals surface area contributed by atoms with Crippen LogP contribution in [0.1, 0.15) is 24.4 Å². The number of aromatic nitrogens is 4. The van der Waals surface area contributed by atoms with Crippen LogP contribution in [0.4, 0.5) is 5.69 Å². The Morgan fingerprint density at radius 3 is 2.73 bits per heavy atom. The molecule has 0 radical (unpaired) electrons. The Morgan fingerprint density at radius 2 is 1.96 bits per heavy atom. The van der Waals surface area contributed by atoms with E-state index in [0.717, 1.165) is 24.0 Å². The van der Waals surface area contributed by atoms with Gasteiger partial charge < -0.3 is 10.1 Å². The summed E-state index contributed by atoms with van der Waals surface area (Å²) in [4.78, 5) is 12.3. The molecule has 0 bridgehead atoms. The van der Waals surface area contributed by atoms with Gasteiger partial charge in [-0.05, 0) is 54.5 Å². The molecule has 1 saturated carbocycles. The Labute approximate surface area is 151 Å². The Kier molecular flexibility index (Phi) is 4.35. The largest absolute Gasteiger partial charge is 0.484 e. The van der Waals surface area contributed by atoms with Gasteiger partial charge >= 0.3 is 0 Å². The summed E-state index contributed by atoms with van der Waals surface area (Å²) in [6.07, 6.45) is 2.16. The summed E-state index contributed by atoms with van der Waals surface area (Å²) in [6, 6.07) is 15.5. The van der Waals surface area contributed by atoms with Crippen LogP contribution >= 0.6 is 0 Å². The molecule has 0 aliphatic heterocycles. The fraction of sp³-hybridized carbons (Fsp3) is 0.263. The zero-order valence-electron chi connectivity index (χ0n) is 14.4. The molecule has 0 saturated heterocycles. The van der Waals surface area contributed by atoms with E-state index in [9.17, 15) is 4.79 Å². The predicted octanol–water partition coefficient (Wildman–Crippen LogP) is 3.00. The average Bonchev–Trinajstić information content (AvgIpc) is 3.39. The number of carbonyl (C=O) groups is 1. The number of hydrogen-bond acceptors (Lipinski definition) is 5. The molecule has 1 amide bonds. The fourth-order valence-corrected chi connectivity index (χ4v) is 2.69. The summed E-state index contributed by atoms with van der Waals surface area (Å²) in [7, 11) is 0. The first-order valence-electron chi connectivity index (χ1n) is 8.57. The molecule has 4 rings (SSSR count). The highest BCUT2D eigenvalue weighted by molar-refractivity contribution is 5.95. The fourth-order valence-electron chi connectivity index (χ4n) is 2.69. The van der Waals surface area contributed by atoms with E-state index in [4.69, 9.17) is 4.74 Å². The number of aryl methyl sites for hydroxylation is 1. The molecule has 0 unspecified atom stereocenters. The molecule has 0 atom stereocenters. The van der Waals surface area contributed by atoms with Crippen molar-refractivity contribution < 1.29 is 9.53 Å². The Morgan fingerprint density at radius 1 is 1.19 bits per heavy atom. The van der Waals surface area contributed by atoms with Crippen LogP contribution in [0.25, 0.3) is 11.4 Å². The first-order valence-corrected chi connectivity index (χ1v) is 8.57. The quantitative estimate of drug-likeness (QED) is 0.740. The van der Waals surface area contributed by atoms with Crippen LogP contribution in [0.3, 0.4) is 0 Å². The normalized spacial score (nSPS) is 13.4. The van der Waals surface area contributed by atoms with Gasteiger partial charge in [-0.2, -0.15) is 0 Å². The summed E-state index contributed by atoms with van der Waals surface area (Å²) >= 11 is 0. The molecule has 0 spiro atoms. The predicted molar refractivity (Wildman–Crippen MR) is 96.8 cm³/mol. The third kappa shape index (κ3) is 3.56. The molecule has 1 N–H and O–H groups in total. The minimum Gasteiger partial charge on any atom is -0.484 e. The number of hydrogen-bond donors (Lipinski definition) is 1. The minimum atomic E-state index is -0.233. The first-order chi connectivity index (χ1) is 12.7. The topological polar surface area (TPSA) is 81.9 Å². The van der Waals surface area contributed by atoms with Crippen molar-refractivity contribution >= 4 is 11.6 Å². The van der Waals surface area contributed by atoms with E-state index >= 15 is 0 Å². The lowest BCUT2D eigenvalue weighted by molar-refractivity contribution is -0.118. The molecule has 1 aliphatic rings. The van der Waals surface area contributed by atoms with Crippen molar-refractivity contribution in [2.45, 2.75) is 25.8 Å². The van der Waals surface area contributed by atoms with Crippen molar-refractivity contribution in [2.75, 3.05) is 11.9 Å². The maximum Gasteiger partial charge on any atom is 0.262 e. The number of amides is 1. The smallest absolute Gasteiger partial charge is 0.262 e. The van der Waals surface area contributed by atoms with Crippen LogP contribution in [0.5, 0.6) is 5.75 Å². The van der Waals surface area contributed by atoms with Crippen LogP contribution in [-0.4, -0.2) is 32.7 Å². The molecular weight excluding hydrogens is 330 g/mol. The van der Waals surface area contributed by atoms with Gasteiger partial charge in [0, 0.05) is 5.56 Å². The van der Waals surface area contributed by atoms with Crippen LogP contribution in [0.15, 0.2) is 48.5 Å². The van der Waals surface area contributed by atoms with Crippen LogP contribution in [0, 0.1) is 6.92 Å². The van der Waals surface area contributed by atoms with Gasteiger partial charge in [-0.1, -0.05) is 29.8 Å². The number of carbonyl (C=O) groups excluding carboxylic acids is 1. The second kappa shape index (κ2) is 6.95. The van der Waals surface area contributed by atoms with Gasteiger partial charge in [0.05, 0.1) is 11.7 Å². The molecule has 26 heavy (non-hydrogen) atoms. The van der Waals surface area contributed by atoms with E-state index in [1.807, 2.05) is 60.1 Å². The highest BCUT2D eigenvalue weighted by Crippen LogP contribution is 2.37. The Hall–Kier alpha value is -3.22. The van der Waals surface area contributed by atoms with Gasteiger partial charge in [0.1, 0.15) is 5.75 Å². The van der Waals surface area contributed by atoms with Crippen LogP contribution in [-0.2, 0) is 4.79 Å². The molecule has 1 fully saturated rings. The second-order valence-corrected chi connectivity index (χ2v) is 6.37. The first kappa shape index (κ1) is 16.3. The molecule has 3 aromatic rings. The van der Waals surface area contributed by atoms with E-state index in [-0.39, 0.29) is 12.5 Å².